The quantitative estimate of drug-likeness (QED) is 0.527. The predicted octanol–water partition coefficient (Wildman–Crippen LogP) is 4.14. The monoisotopic (exact) mass is 330 g/mol. The molecule has 5 heteroatoms. The Morgan fingerprint density at radius 3 is 2.56 bits per heavy atom. The van der Waals surface area contributed by atoms with Crippen LogP contribution in [-0.2, 0) is 6.42 Å². The molecule has 0 saturated heterocycles. The summed E-state index contributed by atoms with van der Waals surface area (Å²) in [6.45, 7) is 2.11. The van der Waals surface area contributed by atoms with E-state index in [1.165, 1.54) is 0 Å². The number of anilines is 1. The first-order valence-electron chi connectivity index (χ1n) is 8.17. The van der Waals surface area contributed by atoms with Crippen LogP contribution < -0.4 is 5.73 Å². The van der Waals surface area contributed by atoms with Gasteiger partial charge in [-0.25, -0.2) is 4.98 Å². The number of pyridine rings is 1. The first kappa shape index (κ1) is 15.2. The molecule has 2 heterocycles. The summed E-state index contributed by atoms with van der Waals surface area (Å²) in [5.74, 6) is 0.727. The average Bonchev–Trinajstić information content (AvgIpc) is 3.10. The number of nitrogens with zero attached hydrogens (tertiary/aromatic N) is 2. The molecule has 0 saturated carbocycles. The number of aromatic nitrogens is 3. The number of benzene rings is 2. The molecule has 4 N–H and O–H groups in total. The average molecular weight is 330 g/mol. The van der Waals surface area contributed by atoms with E-state index in [0.29, 0.717) is 5.82 Å². The summed E-state index contributed by atoms with van der Waals surface area (Å²) in [6.07, 6.45) is 4.47. The van der Waals surface area contributed by atoms with Crippen LogP contribution in [0.25, 0.3) is 33.2 Å². The fourth-order valence-electron chi connectivity index (χ4n) is 3.24. The van der Waals surface area contributed by atoms with Crippen LogP contribution in [0.4, 0.5) is 5.82 Å². The number of nitrogen functional groups attached to an aromatic ring is 1. The molecule has 0 fully saturated rings. The van der Waals surface area contributed by atoms with Gasteiger partial charge in [0.2, 0.25) is 0 Å². The summed E-state index contributed by atoms with van der Waals surface area (Å²) in [4.78, 5) is 4.42. The van der Waals surface area contributed by atoms with Crippen molar-refractivity contribution in [2.75, 3.05) is 5.73 Å². The second-order valence-corrected chi connectivity index (χ2v) is 5.98. The number of hydrogen-bond donors (Lipinski definition) is 3. The Morgan fingerprint density at radius 1 is 1.04 bits per heavy atom. The van der Waals surface area contributed by atoms with E-state index in [9.17, 15) is 5.11 Å². The van der Waals surface area contributed by atoms with Crippen molar-refractivity contribution >= 4 is 16.7 Å². The number of H-pyrrole nitrogens is 1. The molecule has 0 unspecified atom stereocenters. The van der Waals surface area contributed by atoms with Gasteiger partial charge in [-0.3, -0.25) is 5.10 Å². The lowest BCUT2D eigenvalue weighted by molar-refractivity contribution is 0.475. The minimum absolute atomic E-state index is 0.231. The molecule has 0 radical (unpaired) electrons. The third-order valence-corrected chi connectivity index (χ3v) is 4.48. The van der Waals surface area contributed by atoms with E-state index in [4.69, 9.17) is 5.73 Å². The van der Waals surface area contributed by atoms with Crippen molar-refractivity contribution in [1.82, 2.24) is 15.2 Å². The number of fused-ring (bicyclic) bond motifs is 1. The summed E-state index contributed by atoms with van der Waals surface area (Å²) >= 11 is 0. The number of phenolic OH excluding ortho intramolecular Hbond substituents is 1. The van der Waals surface area contributed by atoms with Gasteiger partial charge in [0.15, 0.2) is 0 Å². The lowest BCUT2D eigenvalue weighted by Gasteiger charge is -2.16. The Labute approximate surface area is 145 Å². The van der Waals surface area contributed by atoms with Crippen LogP contribution >= 0.6 is 0 Å². The normalized spacial score (nSPS) is 11.1. The molecule has 0 spiro atoms. The Bertz CT molecular complexity index is 1050. The maximum absolute atomic E-state index is 9.56. The van der Waals surface area contributed by atoms with E-state index in [1.54, 1.807) is 12.1 Å². The Balaban J connectivity index is 1.94. The van der Waals surface area contributed by atoms with Crippen molar-refractivity contribution < 1.29 is 5.11 Å². The number of hydrogen-bond acceptors (Lipinski definition) is 4. The minimum atomic E-state index is 0.231. The zero-order valence-corrected chi connectivity index (χ0v) is 13.8. The van der Waals surface area contributed by atoms with Crippen LogP contribution in [0.5, 0.6) is 5.75 Å². The highest BCUT2D eigenvalue weighted by Crippen LogP contribution is 2.36. The molecular formula is C20H18N4O. The second-order valence-electron chi connectivity index (χ2n) is 5.98. The molecule has 0 atom stereocenters. The van der Waals surface area contributed by atoms with Gasteiger partial charge in [-0.05, 0) is 47.4 Å². The topological polar surface area (TPSA) is 87.8 Å². The van der Waals surface area contributed by atoms with Crippen molar-refractivity contribution in [3.8, 4) is 28.0 Å². The van der Waals surface area contributed by atoms with E-state index in [0.717, 1.165) is 45.1 Å². The number of nitrogens with two attached hydrogens (primary N) is 1. The Morgan fingerprint density at radius 2 is 1.80 bits per heavy atom. The van der Waals surface area contributed by atoms with Crippen LogP contribution in [0.2, 0.25) is 0 Å². The highest BCUT2D eigenvalue weighted by molar-refractivity contribution is 5.88. The first-order valence-corrected chi connectivity index (χ1v) is 8.17. The smallest absolute Gasteiger partial charge is 0.131 e. The summed E-state index contributed by atoms with van der Waals surface area (Å²) in [7, 11) is 0. The van der Waals surface area contributed by atoms with Crippen molar-refractivity contribution in [2.24, 2.45) is 0 Å². The molecular weight excluding hydrogens is 312 g/mol. The Hall–Kier alpha value is -3.34. The molecule has 0 bridgehead atoms. The molecule has 2 aromatic heterocycles. The lowest BCUT2D eigenvalue weighted by atomic mass is 9.91. The van der Waals surface area contributed by atoms with Gasteiger partial charge < -0.3 is 10.8 Å². The van der Waals surface area contributed by atoms with E-state index >= 15 is 0 Å². The zero-order chi connectivity index (χ0) is 17.4. The van der Waals surface area contributed by atoms with E-state index in [-0.39, 0.29) is 5.75 Å². The van der Waals surface area contributed by atoms with Crippen LogP contribution in [0.3, 0.4) is 0 Å². The fraction of sp³-hybridized carbons (Fsp3) is 0.100. The van der Waals surface area contributed by atoms with Gasteiger partial charge >= 0.3 is 0 Å². The highest BCUT2D eigenvalue weighted by Gasteiger charge is 2.15. The first-order chi connectivity index (χ1) is 12.2. The van der Waals surface area contributed by atoms with Crippen LogP contribution in [0.15, 0.2) is 54.9 Å². The molecule has 25 heavy (non-hydrogen) atoms. The van der Waals surface area contributed by atoms with Gasteiger partial charge in [-0.2, -0.15) is 5.10 Å². The molecule has 124 valence electrons. The predicted molar refractivity (Wildman–Crippen MR) is 100 cm³/mol. The Kier molecular flexibility index (Phi) is 3.61. The molecule has 0 aliphatic carbocycles. The van der Waals surface area contributed by atoms with Crippen LogP contribution in [-0.4, -0.2) is 20.3 Å². The van der Waals surface area contributed by atoms with Crippen molar-refractivity contribution in [2.45, 2.75) is 13.3 Å². The number of aromatic amines is 1. The number of nitrogens with one attached hydrogen (secondary N) is 1. The summed E-state index contributed by atoms with van der Waals surface area (Å²) in [6, 6.07) is 13.2. The summed E-state index contributed by atoms with van der Waals surface area (Å²) < 4.78 is 0. The van der Waals surface area contributed by atoms with Gasteiger partial charge in [0.05, 0.1) is 11.7 Å². The third kappa shape index (κ3) is 2.59. The lowest BCUT2D eigenvalue weighted by Crippen LogP contribution is -2.01. The van der Waals surface area contributed by atoms with Gasteiger partial charge in [-0.15, -0.1) is 0 Å². The number of rotatable bonds is 3. The number of aromatic hydroxyl groups is 1. The van der Waals surface area contributed by atoms with Gasteiger partial charge in [-0.1, -0.05) is 25.1 Å². The molecule has 4 rings (SSSR count). The van der Waals surface area contributed by atoms with Gasteiger partial charge in [0, 0.05) is 22.7 Å². The van der Waals surface area contributed by atoms with Crippen LogP contribution in [0.1, 0.15) is 12.5 Å². The number of phenols is 1. The van der Waals surface area contributed by atoms with Crippen LogP contribution in [0, 0.1) is 0 Å². The maximum atomic E-state index is 9.56. The molecule has 5 nitrogen and oxygen atoms in total. The van der Waals surface area contributed by atoms with E-state index in [1.807, 2.05) is 30.6 Å². The standard InChI is InChI=1S/C20H18N4O/c1-2-16-17(13-5-8-18-14(9-13)10-23-24-18)11-22-20(21)19(16)12-3-6-15(25)7-4-12/h3-11,25H,2H2,1H3,(H2,21,22)(H,23,24). The third-order valence-electron chi connectivity index (χ3n) is 4.48. The van der Waals surface area contributed by atoms with Gasteiger partial charge in [0.25, 0.3) is 0 Å². The molecule has 0 amide bonds. The zero-order valence-electron chi connectivity index (χ0n) is 13.8. The fourth-order valence-corrected chi connectivity index (χ4v) is 3.24. The summed E-state index contributed by atoms with van der Waals surface area (Å²) in [5.41, 5.74) is 12.4. The molecule has 2 aromatic carbocycles. The van der Waals surface area contributed by atoms with E-state index in [2.05, 4.69) is 34.2 Å². The van der Waals surface area contributed by atoms with Crippen molar-refractivity contribution in [3.05, 3.63) is 60.4 Å². The molecule has 4 aromatic rings. The molecule has 0 aliphatic rings. The molecule has 0 aliphatic heterocycles. The maximum Gasteiger partial charge on any atom is 0.131 e. The van der Waals surface area contributed by atoms with Crippen molar-refractivity contribution in [3.63, 3.8) is 0 Å². The SMILES string of the molecule is CCc1c(-c2ccc3[nH]ncc3c2)cnc(N)c1-c1ccc(O)cc1. The van der Waals surface area contributed by atoms with Gasteiger partial charge in [0.1, 0.15) is 11.6 Å². The minimum Gasteiger partial charge on any atom is -0.508 e. The largest absolute Gasteiger partial charge is 0.508 e. The summed E-state index contributed by atoms with van der Waals surface area (Å²) in [5, 5.41) is 17.7. The highest BCUT2D eigenvalue weighted by atomic mass is 16.3. The van der Waals surface area contributed by atoms with E-state index < -0.39 is 0 Å². The van der Waals surface area contributed by atoms with Crippen molar-refractivity contribution in [1.29, 1.82) is 0 Å². The second kappa shape index (κ2) is 5.94.